The summed E-state index contributed by atoms with van der Waals surface area (Å²) in [5, 5.41) is 8.85. The Hall–Kier alpha value is -2.28. The zero-order chi connectivity index (χ0) is 20.5. The summed E-state index contributed by atoms with van der Waals surface area (Å²) in [6.07, 6.45) is 9.34. The van der Waals surface area contributed by atoms with Crippen molar-refractivity contribution in [2.75, 3.05) is 0 Å². The SMILES string of the molecule is CCCC[C@@H]1CC[C@@H]2c3cc(F)c(-c4cc(F)c(C#N)c(F)c4)cc3CC[C@H]2C1. The van der Waals surface area contributed by atoms with Gasteiger partial charge in [-0.15, -0.1) is 0 Å². The van der Waals surface area contributed by atoms with Crippen LogP contribution >= 0.6 is 0 Å². The molecule has 4 heteroatoms. The average molecular weight is 397 g/mol. The molecule has 2 aliphatic rings. The van der Waals surface area contributed by atoms with E-state index < -0.39 is 23.0 Å². The van der Waals surface area contributed by atoms with Gasteiger partial charge in [0.2, 0.25) is 0 Å². The van der Waals surface area contributed by atoms with Gasteiger partial charge in [-0.1, -0.05) is 26.2 Å². The Bertz CT molecular complexity index is 936. The summed E-state index contributed by atoms with van der Waals surface area (Å²) >= 11 is 0. The quantitative estimate of drug-likeness (QED) is 0.532. The van der Waals surface area contributed by atoms with Crippen LogP contribution < -0.4 is 0 Å². The maximum absolute atomic E-state index is 15.0. The number of fused-ring (bicyclic) bond motifs is 3. The molecule has 0 bridgehead atoms. The van der Waals surface area contributed by atoms with E-state index in [9.17, 15) is 8.78 Å². The number of benzene rings is 2. The Morgan fingerprint density at radius 2 is 1.76 bits per heavy atom. The summed E-state index contributed by atoms with van der Waals surface area (Å²) in [5.41, 5.74) is 1.91. The van der Waals surface area contributed by atoms with Gasteiger partial charge in [0.05, 0.1) is 0 Å². The number of hydrogen-bond donors (Lipinski definition) is 0. The predicted molar refractivity (Wildman–Crippen MR) is 108 cm³/mol. The molecule has 4 rings (SSSR count). The highest BCUT2D eigenvalue weighted by Crippen LogP contribution is 2.48. The first-order valence-electron chi connectivity index (χ1n) is 10.7. The van der Waals surface area contributed by atoms with Gasteiger partial charge in [0.1, 0.15) is 29.1 Å². The molecule has 1 nitrogen and oxygen atoms in total. The van der Waals surface area contributed by atoms with E-state index in [2.05, 4.69) is 6.92 Å². The minimum atomic E-state index is -0.954. The fraction of sp³-hybridized carbons (Fsp3) is 0.480. The molecule has 2 aromatic carbocycles. The van der Waals surface area contributed by atoms with Gasteiger partial charge in [-0.3, -0.25) is 0 Å². The van der Waals surface area contributed by atoms with Crippen molar-refractivity contribution in [1.29, 1.82) is 5.26 Å². The van der Waals surface area contributed by atoms with Gasteiger partial charge < -0.3 is 0 Å². The largest absolute Gasteiger partial charge is 0.206 e. The van der Waals surface area contributed by atoms with Crippen molar-refractivity contribution >= 4 is 0 Å². The third kappa shape index (κ3) is 3.80. The first kappa shape index (κ1) is 20.0. The monoisotopic (exact) mass is 397 g/mol. The Balaban J connectivity index is 1.63. The summed E-state index contributed by atoms with van der Waals surface area (Å²) in [5.74, 6) is -0.537. The van der Waals surface area contributed by atoms with E-state index in [1.54, 1.807) is 12.1 Å². The maximum atomic E-state index is 15.0. The minimum absolute atomic E-state index is 0.143. The number of nitriles is 1. The van der Waals surface area contributed by atoms with Crippen LogP contribution in [0.5, 0.6) is 0 Å². The molecule has 2 aromatic rings. The Labute approximate surface area is 170 Å². The Morgan fingerprint density at radius 3 is 2.45 bits per heavy atom. The van der Waals surface area contributed by atoms with Crippen molar-refractivity contribution in [3.63, 3.8) is 0 Å². The molecule has 0 heterocycles. The molecule has 0 amide bonds. The van der Waals surface area contributed by atoms with E-state index in [4.69, 9.17) is 5.26 Å². The lowest BCUT2D eigenvalue weighted by atomic mass is 9.64. The van der Waals surface area contributed by atoms with Gasteiger partial charge in [0.25, 0.3) is 0 Å². The molecule has 29 heavy (non-hydrogen) atoms. The normalized spacial score (nSPS) is 23.2. The van der Waals surface area contributed by atoms with Crippen molar-refractivity contribution < 1.29 is 13.2 Å². The Morgan fingerprint density at radius 1 is 1.00 bits per heavy atom. The van der Waals surface area contributed by atoms with Crippen molar-refractivity contribution in [2.45, 2.75) is 64.2 Å². The van der Waals surface area contributed by atoms with Gasteiger partial charge in [0, 0.05) is 5.56 Å². The van der Waals surface area contributed by atoms with Crippen LogP contribution in [0.3, 0.4) is 0 Å². The highest BCUT2D eigenvalue weighted by Gasteiger charge is 2.35. The summed E-state index contributed by atoms with van der Waals surface area (Å²) in [7, 11) is 0. The van der Waals surface area contributed by atoms with Crippen LogP contribution in [0.1, 0.15) is 74.5 Å². The number of aryl methyl sites for hydroxylation is 1. The summed E-state index contributed by atoms with van der Waals surface area (Å²) in [4.78, 5) is 0. The second-order valence-electron chi connectivity index (χ2n) is 8.68. The molecule has 0 unspecified atom stereocenters. The second kappa shape index (κ2) is 8.22. The first-order valence-corrected chi connectivity index (χ1v) is 10.7. The number of rotatable bonds is 4. The standard InChI is InChI=1S/C25H26F3N/c1-2-3-4-15-5-8-19-16(9-15)6-7-17-10-21(25(28)13-20(17)19)18-11-23(26)22(14-29)24(27)12-18/h10-13,15-16,19H,2-9H2,1H3/t15-,16+,19+/m1/s1. The lowest BCUT2D eigenvalue weighted by Gasteiger charge is -2.41. The molecule has 0 spiro atoms. The smallest absolute Gasteiger partial charge is 0.144 e. The lowest BCUT2D eigenvalue weighted by molar-refractivity contribution is 0.199. The molecule has 1 saturated carbocycles. The molecule has 3 atom stereocenters. The molecule has 2 aliphatic carbocycles. The molecule has 0 aliphatic heterocycles. The van der Waals surface area contributed by atoms with Crippen LogP contribution in [-0.4, -0.2) is 0 Å². The van der Waals surface area contributed by atoms with E-state index in [1.165, 1.54) is 38.2 Å². The number of halogens is 3. The maximum Gasteiger partial charge on any atom is 0.144 e. The van der Waals surface area contributed by atoms with Gasteiger partial charge >= 0.3 is 0 Å². The molecular weight excluding hydrogens is 371 g/mol. The minimum Gasteiger partial charge on any atom is -0.206 e. The van der Waals surface area contributed by atoms with Crippen molar-refractivity contribution in [2.24, 2.45) is 11.8 Å². The summed E-state index contributed by atoms with van der Waals surface area (Å²) < 4.78 is 43.1. The molecule has 0 aromatic heterocycles. The number of hydrogen-bond acceptors (Lipinski definition) is 1. The fourth-order valence-electron chi connectivity index (χ4n) is 5.44. The van der Waals surface area contributed by atoms with Crippen LogP contribution in [-0.2, 0) is 6.42 Å². The van der Waals surface area contributed by atoms with Gasteiger partial charge in [-0.2, -0.15) is 5.26 Å². The predicted octanol–water partition coefficient (Wildman–Crippen LogP) is 7.28. The van der Waals surface area contributed by atoms with E-state index in [0.717, 1.165) is 48.4 Å². The van der Waals surface area contributed by atoms with E-state index in [-0.39, 0.29) is 11.1 Å². The zero-order valence-corrected chi connectivity index (χ0v) is 16.8. The number of unbranched alkanes of at least 4 members (excludes halogenated alkanes) is 1. The van der Waals surface area contributed by atoms with Gasteiger partial charge in [-0.05, 0) is 90.8 Å². The molecule has 0 N–H and O–H groups in total. The van der Waals surface area contributed by atoms with Crippen LogP contribution in [0.4, 0.5) is 13.2 Å². The van der Waals surface area contributed by atoms with Crippen molar-refractivity contribution in [1.82, 2.24) is 0 Å². The van der Waals surface area contributed by atoms with E-state index in [0.29, 0.717) is 11.8 Å². The van der Waals surface area contributed by atoms with Gasteiger partial charge in [-0.25, -0.2) is 13.2 Å². The first-order chi connectivity index (χ1) is 14.0. The summed E-state index contributed by atoms with van der Waals surface area (Å²) in [6.45, 7) is 2.23. The number of nitrogens with zero attached hydrogens (tertiary/aromatic N) is 1. The van der Waals surface area contributed by atoms with Crippen LogP contribution in [0.15, 0.2) is 24.3 Å². The lowest BCUT2D eigenvalue weighted by Crippen LogP contribution is -2.28. The molecular formula is C25H26F3N. The van der Waals surface area contributed by atoms with Crippen LogP contribution in [0, 0.1) is 40.6 Å². The van der Waals surface area contributed by atoms with Crippen molar-refractivity contribution in [3.8, 4) is 17.2 Å². The highest BCUT2D eigenvalue weighted by atomic mass is 19.1. The van der Waals surface area contributed by atoms with Gasteiger partial charge in [0.15, 0.2) is 0 Å². The van der Waals surface area contributed by atoms with Crippen LogP contribution in [0.2, 0.25) is 0 Å². The molecule has 152 valence electrons. The fourth-order valence-corrected chi connectivity index (χ4v) is 5.44. The molecule has 0 saturated heterocycles. The molecule has 0 radical (unpaired) electrons. The third-order valence-electron chi connectivity index (χ3n) is 6.93. The third-order valence-corrected chi connectivity index (χ3v) is 6.93. The second-order valence-corrected chi connectivity index (χ2v) is 8.68. The highest BCUT2D eigenvalue weighted by molar-refractivity contribution is 5.67. The summed E-state index contributed by atoms with van der Waals surface area (Å²) in [6, 6.07) is 6.98. The van der Waals surface area contributed by atoms with E-state index >= 15 is 4.39 Å². The van der Waals surface area contributed by atoms with E-state index in [1.807, 2.05) is 0 Å². The molecule has 1 fully saturated rings. The Kier molecular flexibility index (Phi) is 5.67. The average Bonchev–Trinajstić information content (AvgIpc) is 2.71. The topological polar surface area (TPSA) is 23.8 Å². The van der Waals surface area contributed by atoms with Crippen LogP contribution in [0.25, 0.3) is 11.1 Å². The zero-order valence-electron chi connectivity index (χ0n) is 16.8. The van der Waals surface area contributed by atoms with Crippen molar-refractivity contribution in [3.05, 3.63) is 58.4 Å².